The molecule has 38 heavy (non-hydrogen) atoms. The molecule has 0 saturated carbocycles. The molecule has 2 N–H and O–H groups in total. The second kappa shape index (κ2) is 9.53. The van der Waals surface area contributed by atoms with Crippen LogP contribution in [0.1, 0.15) is 12.5 Å². The number of carbonyl (C=O) groups excluding carboxylic acids is 1. The third kappa shape index (κ3) is 4.70. The van der Waals surface area contributed by atoms with E-state index in [4.69, 9.17) is 24.7 Å². The first-order valence-corrected chi connectivity index (χ1v) is 11.5. The van der Waals surface area contributed by atoms with Crippen molar-refractivity contribution in [1.29, 1.82) is 0 Å². The summed E-state index contributed by atoms with van der Waals surface area (Å²) in [5, 5.41) is 4.86. The minimum atomic E-state index is -5.31. The Morgan fingerprint density at radius 2 is 1.74 bits per heavy atom. The van der Waals surface area contributed by atoms with E-state index in [9.17, 15) is 22.4 Å². The van der Waals surface area contributed by atoms with E-state index in [-0.39, 0.29) is 23.7 Å². The molecule has 4 aromatic rings. The largest absolute Gasteiger partial charge is 0.491 e. The molecule has 8 nitrogen and oxygen atoms in total. The zero-order chi connectivity index (χ0) is 27.1. The maximum atomic E-state index is 13.3. The number of carbonyl (C=O) groups is 1. The molecule has 0 aliphatic carbocycles. The summed E-state index contributed by atoms with van der Waals surface area (Å²) in [6.07, 6.45) is -3.80. The lowest BCUT2D eigenvalue weighted by molar-refractivity contribution is -0.248. The summed E-state index contributed by atoms with van der Waals surface area (Å²) >= 11 is 0. The molecule has 0 bridgehead atoms. The van der Waals surface area contributed by atoms with Crippen LogP contribution in [0.5, 0.6) is 17.2 Å². The number of halogens is 4. The lowest BCUT2D eigenvalue weighted by Crippen LogP contribution is -2.53. The van der Waals surface area contributed by atoms with Gasteiger partial charge >= 0.3 is 12.1 Å². The quantitative estimate of drug-likeness (QED) is 0.220. The number of fused-ring (bicyclic) bond motifs is 2. The molecule has 0 amide bonds. The van der Waals surface area contributed by atoms with Gasteiger partial charge in [0.1, 0.15) is 24.8 Å². The fourth-order valence-electron chi connectivity index (χ4n) is 4.08. The van der Waals surface area contributed by atoms with E-state index < -0.39 is 29.8 Å². The van der Waals surface area contributed by atoms with Gasteiger partial charge in [-0.2, -0.15) is 18.3 Å². The smallest absolute Gasteiger partial charge is 0.486 e. The Morgan fingerprint density at radius 3 is 2.42 bits per heavy atom. The monoisotopic (exact) mass is 531 g/mol. The van der Waals surface area contributed by atoms with Crippen LogP contribution in [0.15, 0.2) is 66.9 Å². The summed E-state index contributed by atoms with van der Waals surface area (Å²) < 4.78 is 76.9. The van der Waals surface area contributed by atoms with E-state index in [1.807, 2.05) is 0 Å². The van der Waals surface area contributed by atoms with Gasteiger partial charge < -0.3 is 24.7 Å². The van der Waals surface area contributed by atoms with E-state index in [2.05, 4.69) is 5.10 Å². The van der Waals surface area contributed by atoms with Crippen LogP contribution in [0.4, 0.5) is 17.6 Å². The summed E-state index contributed by atoms with van der Waals surface area (Å²) in [5.41, 5.74) is 7.35. The number of ether oxygens (including phenoxy) is 4. The van der Waals surface area contributed by atoms with Gasteiger partial charge in [-0.3, -0.25) is 0 Å². The van der Waals surface area contributed by atoms with Crippen molar-refractivity contribution in [3.63, 3.8) is 0 Å². The molecule has 0 radical (unpaired) electrons. The zero-order valence-corrected chi connectivity index (χ0v) is 19.9. The number of rotatable bonds is 6. The predicted molar refractivity (Wildman–Crippen MR) is 127 cm³/mol. The van der Waals surface area contributed by atoms with Gasteiger partial charge in [0.05, 0.1) is 23.4 Å². The van der Waals surface area contributed by atoms with Crippen molar-refractivity contribution in [2.24, 2.45) is 5.73 Å². The van der Waals surface area contributed by atoms with Crippen LogP contribution < -0.4 is 19.9 Å². The lowest BCUT2D eigenvalue weighted by Gasteiger charge is -2.37. The Balaban J connectivity index is 1.57. The van der Waals surface area contributed by atoms with Crippen LogP contribution in [0.25, 0.3) is 16.6 Å². The summed E-state index contributed by atoms with van der Waals surface area (Å²) in [7, 11) is 0. The highest BCUT2D eigenvalue weighted by molar-refractivity contribution is 5.82. The molecule has 0 unspecified atom stereocenters. The molecule has 1 aliphatic rings. The molecule has 12 heteroatoms. The van der Waals surface area contributed by atoms with E-state index in [0.717, 1.165) is 0 Å². The van der Waals surface area contributed by atoms with Gasteiger partial charge in [-0.1, -0.05) is 0 Å². The molecule has 2 heterocycles. The number of nitrogens with zero attached hydrogens (tertiary/aromatic N) is 2. The highest BCUT2D eigenvalue weighted by Gasteiger charge is 2.51. The maximum Gasteiger partial charge on any atom is 0.491 e. The van der Waals surface area contributed by atoms with Crippen LogP contribution in [0.2, 0.25) is 0 Å². The number of benzene rings is 3. The Hall–Kier alpha value is -4.32. The molecular formula is C26H21F4N3O5. The minimum Gasteiger partial charge on any atom is -0.486 e. The van der Waals surface area contributed by atoms with Gasteiger partial charge in [-0.15, -0.1) is 0 Å². The van der Waals surface area contributed by atoms with Crippen molar-refractivity contribution in [2.75, 3.05) is 13.2 Å². The Labute approximate surface area is 213 Å². The van der Waals surface area contributed by atoms with Crippen LogP contribution >= 0.6 is 0 Å². The minimum absolute atomic E-state index is 0.0106. The van der Waals surface area contributed by atoms with Crippen molar-refractivity contribution in [3.05, 3.63) is 78.2 Å². The van der Waals surface area contributed by atoms with E-state index >= 15 is 0 Å². The van der Waals surface area contributed by atoms with Crippen molar-refractivity contribution in [3.8, 4) is 22.9 Å². The third-order valence-electron chi connectivity index (χ3n) is 5.90. The molecule has 0 saturated heterocycles. The average molecular weight is 531 g/mol. The van der Waals surface area contributed by atoms with Gasteiger partial charge in [0, 0.05) is 10.9 Å². The van der Waals surface area contributed by atoms with Crippen LogP contribution in [0.3, 0.4) is 0 Å². The predicted octanol–water partition coefficient (Wildman–Crippen LogP) is 4.62. The number of hydrogen-bond acceptors (Lipinski definition) is 7. The first-order valence-electron chi connectivity index (χ1n) is 11.5. The summed E-state index contributed by atoms with van der Waals surface area (Å²) in [5.74, 6) is -4.60. The molecule has 3 aromatic carbocycles. The number of hydrogen-bond donors (Lipinski definition) is 1. The Morgan fingerprint density at radius 1 is 1.03 bits per heavy atom. The van der Waals surface area contributed by atoms with E-state index in [0.29, 0.717) is 28.9 Å². The molecule has 0 fully saturated rings. The Bertz CT molecular complexity index is 1490. The molecule has 2 atom stereocenters. The van der Waals surface area contributed by atoms with Crippen LogP contribution in [-0.4, -0.2) is 41.2 Å². The lowest BCUT2D eigenvalue weighted by atomic mass is 9.98. The van der Waals surface area contributed by atoms with Crippen LogP contribution in [0, 0.1) is 5.82 Å². The first kappa shape index (κ1) is 25.3. The van der Waals surface area contributed by atoms with Crippen molar-refractivity contribution >= 4 is 16.9 Å². The standard InChI is InChI=1S/C26H21F4N3O5/c1-15(31)25(38-24(34)26(28,29)30,17-2-9-22-23(13-17)36-11-10-35-22)37-20-7-8-21-16(12-20)14-32-33(21)19-5-3-18(27)4-6-19/h2-9,12-15H,10-11,31H2,1H3/t15-,25-/m0/s1. The van der Waals surface area contributed by atoms with Gasteiger partial charge in [0.25, 0.3) is 5.79 Å². The fourth-order valence-corrected chi connectivity index (χ4v) is 4.08. The second-order valence-corrected chi connectivity index (χ2v) is 8.56. The van der Waals surface area contributed by atoms with Crippen LogP contribution in [-0.2, 0) is 15.3 Å². The van der Waals surface area contributed by atoms with Gasteiger partial charge in [0.2, 0.25) is 0 Å². The first-order chi connectivity index (χ1) is 18.1. The van der Waals surface area contributed by atoms with Gasteiger partial charge in [-0.25, -0.2) is 13.9 Å². The normalized spacial score (nSPS) is 15.5. The molecule has 0 spiro atoms. The topological polar surface area (TPSA) is 97.8 Å². The fraction of sp³-hybridized carbons (Fsp3) is 0.231. The number of esters is 1. The summed E-state index contributed by atoms with van der Waals surface area (Å²) in [6.45, 7) is 1.88. The summed E-state index contributed by atoms with van der Waals surface area (Å²) in [4.78, 5) is 12.1. The van der Waals surface area contributed by atoms with Crippen molar-refractivity contribution in [1.82, 2.24) is 9.78 Å². The van der Waals surface area contributed by atoms with Crippen molar-refractivity contribution < 1.29 is 41.3 Å². The Kier molecular flexibility index (Phi) is 6.35. The molecule has 198 valence electrons. The van der Waals surface area contributed by atoms with E-state index in [1.54, 1.807) is 22.9 Å². The van der Waals surface area contributed by atoms with Crippen molar-refractivity contribution in [2.45, 2.75) is 24.9 Å². The average Bonchev–Trinajstić information content (AvgIpc) is 3.31. The highest BCUT2D eigenvalue weighted by atomic mass is 19.4. The third-order valence-corrected chi connectivity index (χ3v) is 5.90. The van der Waals surface area contributed by atoms with Gasteiger partial charge in [-0.05, 0) is 67.6 Å². The zero-order valence-electron chi connectivity index (χ0n) is 19.9. The highest BCUT2D eigenvalue weighted by Crippen LogP contribution is 2.40. The van der Waals surface area contributed by atoms with E-state index in [1.165, 1.54) is 55.6 Å². The molecule has 1 aliphatic heterocycles. The van der Waals surface area contributed by atoms with Gasteiger partial charge in [0.15, 0.2) is 11.5 Å². The number of nitrogens with two attached hydrogens (primary N) is 1. The second-order valence-electron chi connectivity index (χ2n) is 8.56. The summed E-state index contributed by atoms with van der Waals surface area (Å²) in [6, 6.07) is 13.2. The molecule has 1 aromatic heterocycles. The number of alkyl halides is 3. The number of aromatic nitrogens is 2. The molecule has 5 rings (SSSR count). The molecular weight excluding hydrogens is 510 g/mol. The SMILES string of the molecule is C[C@H](N)[C@@](OC(=O)C(F)(F)F)(Oc1ccc2c(cnn2-c2ccc(F)cc2)c1)c1ccc2c(c1)OCCO2. The maximum absolute atomic E-state index is 13.3.